The van der Waals surface area contributed by atoms with Gasteiger partial charge in [-0.05, 0) is 54.0 Å². The lowest BCUT2D eigenvalue weighted by Gasteiger charge is -2.19. The van der Waals surface area contributed by atoms with Crippen molar-refractivity contribution in [3.8, 4) is 5.75 Å². The zero-order valence-corrected chi connectivity index (χ0v) is 17.0. The molecule has 5 nitrogen and oxygen atoms in total. The van der Waals surface area contributed by atoms with E-state index in [0.717, 1.165) is 37.1 Å². The van der Waals surface area contributed by atoms with Crippen LogP contribution in [0.25, 0.3) is 0 Å². The molecule has 0 saturated carbocycles. The molecule has 3 rings (SSSR count). The number of aryl methyl sites for hydroxylation is 1. The highest BCUT2D eigenvalue weighted by Gasteiger charge is 2.18. The van der Waals surface area contributed by atoms with Gasteiger partial charge in [-0.1, -0.05) is 32.9 Å². The lowest BCUT2D eigenvalue weighted by Crippen LogP contribution is -2.16. The molecule has 2 N–H and O–H groups in total. The van der Waals surface area contributed by atoms with Gasteiger partial charge in [0.05, 0.1) is 5.69 Å². The number of amides is 1. The number of benzene rings is 2. The second kappa shape index (κ2) is 8.05. The Hall–Kier alpha value is -2.82. The highest BCUT2D eigenvalue weighted by Crippen LogP contribution is 2.34. The number of nitrogens with one attached hydrogen (secondary N) is 2. The second-order valence-corrected chi connectivity index (χ2v) is 8.26. The van der Waals surface area contributed by atoms with Crippen LogP contribution in [0, 0.1) is 0 Å². The summed E-state index contributed by atoms with van der Waals surface area (Å²) in [6, 6.07) is 11.3. The van der Waals surface area contributed by atoms with Crippen LogP contribution in [0.4, 0.5) is 11.4 Å². The molecule has 2 aromatic carbocycles. The average Bonchev–Trinajstić information content (AvgIpc) is 2.85. The number of anilines is 2. The lowest BCUT2D eigenvalue weighted by atomic mass is 9.87. The van der Waals surface area contributed by atoms with Crippen LogP contribution < -0.4 is 15.4 Å². The van der Waals surface area contributed by atoms with Crippen molar-refractivity contribution < 1.29 is 14.3 Å². The normalized spacial score (nSPS) is 13.7. The Kier molecular flexibility index (Phi) is 5.73. The highest BCUT2D eigenvalue weighted by molar-refractivity contribution is 6.05. The molecule has 0 fully saturated rings. The van der Waals surface area contributed by atoms with E-state index >= 15 is 0 Å². The summed E-state index contributed by atoms with van der Waals surface area (Å²) in [4.78, 5) is 24.3. The van der Waals surface area contributed by atoms with E-state index < -0.39 is 5.97 Å². The van der Waals surface area contributed by atoms with Gasteiger partial charge in [0, 0.05) is 30.8 Å². The van der Waals surface area contributed by atoms with Crippen LogP contribution in [0.1, 0.15) is 62.0 Å². The molecule has 2 aromatic rings. The smallest absolute Gasteiger partial charge is 0.308 e. The van der Waals surface area contributed by atoms with Gasteiger partial charge in [0.1, 0.15) is 0 Å². The van der Waals surface area contributed by atoms with Crippen molar-refractivity contribution in [2.75, 3.05) is 17.2 Å². The van der Waals surface area contributed by atoms with Crippen LogP contribution in [0.3, 0.4) is 0 Å². The third-order valence-corrected chi connectivity index (χ3v) is 4.91. The molecule has 0 atom stereocenters. The molecule has 0 radical (unpaired) electrons. The minimum atomic E-state index is -0.418. The van der Waals surface area contributed by atoms with E-state index in [1.54, 1.807) is 6.07 Å². The summed E-state index contributed by atoms with van der Waals surface area (Å²) in [5.41, 5.74) is 4.35. The fraction of sp³-hybridized carbons (Fsp3) is 0.391. The maximum Gasteiger partial charge on any atom is 0.308 e. The van der Waals surface area contributed by atoms with E-state index in [-0.39, 0.29) is 11.3 Å². The Bertz CT molecular complexity index is 880. The Labute approximate surface area is 166 Å². The first-order chi connectivity index (χ1) is 13.2. The summed E-state index contributed by atoms with van der Waals surface area (Å²) in [5, 5.41) is 6.28. The van der Waals surface area contributed by atoms with Crippen molar-refractivity contribution in [2.24, 2.45) is 0 Å². The van der Waals surface area contributed by atoms with E-state index in [4.69, 9.17) is 4.74 Å². The lowest BCUT2D eigenvalue weighted by molar-refractivity contribution is -0.131. The Morgan fingerprint density at radius 1 is 1.07 bits per heavy atom. The van der Waals surface area contributed by atoms with Gasteiger partial charge < -0.3 is 15.4 Å². The van der Waals surface area contributed by atoms with Gasteiger partial charge >= 0.3 is 5.97 Å². The summed E-state index contributed by atoms with van der Waals surface area (Å²) in [6.45, 7) is 8.65. The minimum absolute atomic E-state index is 0.0293. The van der Waals surface area contributed by atoms with Crippen molar-refractivity contribution in [3.63, 3.8) is 0 Å². The number of esters is 1. The molecular formula is C23H28N2O3. The van der Waals surface area contributed by atoms with Gasteiger partial charge in [-0.3, -0.25) is 9.59 Å². The second-order valence-electron chi connectivity index (χ2n) is 8.26. The fourth-order valence-corrected chi connectivity index (χ4v) is 3.31. The van der Waals surface area contributed by atoms with Crippen molar-refractivity contribution in [1.82, 2.24) is 0 Å². The van der Waals surface area contributed by atoms with Crippen molar-refractivity contribution in [1.29, 1.82) is 0 Å². The molecular weight excluding hydrogens is 352 g/mol. The molecule has 1 amide bonds. The van der Waals surface area contributed by atoms with Gasteiger partial charge in [0.25, 0.3) is 5.91 Å². The summed E-state index contributed by atoms with van der Waals surface area (Å²) >= 11 is 0. The number of hydrogen-bond acceptors (Lipinski definition) is 4. The number of fused-ring (bicyclic) bond motifs is 1. The van der Waals surface area contributed by atoms with Gasteiger partial charge in [-0.25, -0.2) is 0 Å². The SMILES string of the molecule is CC(=O)Oc1cc2c(cc1NC(=O)c1ccc(C(C)(C)C)cc1)CCCCN2. The zero-order valence-electron chi connectivity index (χ0n) is 17.0. The van der Waals surface area contributed by atoms with Gasteiger partial charge in [0.15, 0.2) is 5.75 Å². The van der Waals surface area contributed by atoms with E-state index in [2.05, 4.69) is 31.4 Å². The summed E-state index contributed by atoms with van der Waals surface area (Å²) in [6.07, 6.45) is 3.08. The first-order valence-electron chi connectivity index (χ1n) is 9.75. The molecule has 0 spiro atoms. The minimum Gasteiger partial charge on any atom is -0.424 e. The van der Waals surface area contributed by atoms with Crippen LogP contribution in [-0.2, 0) is 16.6 Å². The maximum absolute atomic E-state index is 12.8. The molecule has 28 heavy (non-hydrogen) atoms. The van der Waals surface area contributed by atoms with Crippen LogP contribution in [0.15, 0.2) is 36.4 Å². The predicted molar refractivity (Wildman–Crippen MR) is 112 cm³/mol. The predicted octanol–water partition coefficient (Wildman–Crippen LogP) is 4.91. The number of ether oxygens (including phenoxy) is 1. The first-order valence-corrected chi connectivity index (χ1v) is 9.75. The van der Waals surface area contributed by atoms with Crippen LogP contribution in [0.5, 0.6) is 5.75 Å². The first kappa shape index (κ1) is 19.9. The van der Waals surface area contributed by atoms with Crippen molar-refractivity contribution in [3.05, 3.63) is 53.1 Å². The average molecular weight is 380 g/mol. The third-order valence-electron chi connectivity index (χ3n) is 4.91. The number of rotatable bonds is 3. The quantitative estimate of drug-likeness (QED) is 0.586. The van der Waals surface area contributed by atoms with Crippen LogP contribution in [-0.4, -0.2) is 18.4 Å². The molecule has 1 heterocycles. The zero-order chi connectivity index (χ0) is 20.3. The Morgan fingerprint density at radius 2 is 1.79 bits per heavy atom. The molecule has 0 bridgehead atoms. The van der Waals surface area contributed by atoms with Gasteiger partial charge in [-0.15, -0.1) is 0 Å². The van der Waals surface area contributed by atoms with E-state index in [9.17, 15) is 9.59 Å². The third kappa shape index (κ3) is 4.71. The molecule has 0 saturated heterocycles. The molecule has 0 unspecified atom stereocenters. The number of carbonyl (C=O) groups excluding carboxylic acids is 2. The van der Waals surface area contributed by atoms with Crippen LogP contribution >= 0.6 is 0 Å². The van der Waals surface area contributed by atoms with Crippen LogP contribution in [0.2, 0.25) is 0 Å². The molecule has 0 aromatic heterocycles. The van der Waals surface area contributed by atoms with Gasteiger partial charge in [0.2, 0.25) is 0 Å². The van der Waals surface area contributed by atoms with E-state index in [0.29, 0.717) is 17.0 Å². The molecule has 1 aliphatic heterocycles. The standard InChI is InChI=1S/C23H28N2O3/c1-15(26)28-21-14-19-17(7-5-6-12-24-19)13-20(21)25-22(27)16-8-10-18(11-9-16)23(2,3)4/h8-11,13-14,24H,5-7,12H2,1-4H3,(H,25,27). The molecule has 5 heteroatoms. The number of hydrogen-bond donors (Lipinski definition) is 2. The Morgan fingerprint density at radius 3 is 2.43 bits per heavy atom. The number of carbonyl (C=O) groups is 2. The van der Waals surface area contributed by atoms with E-state index in [1.807, 2.05) is 30.3 Å². The Balaban J connectivity index is 1.88. The maximum atomic E-state index is 12.8. The molecule has 1 aliphatic rings. The summed E-state index contributed by atoms with van der Waals surface area (Å²) < 4.78 is 5.36. The fourth-order valence-electron chi connectivity index (χ4n) is 3.31. The summed E-state index contributed by atoms with van der Waals surface area (Å²) in [7, 11) is 0. The highest BCUT2D eigenvalue weighted by atomic mass is 16.5. The van der Waals surface area contributed by atoms with Crippen molar-refractivity contribution >= 4 is 23.3 Å². The molecule has 0 aliphatic carbocycles. The van der Waals surface area contributed by atoms with E-state index in [1.165, 1.54) is 12.5 Å². The topological polar surface area (TPSA) is 67.4 Å². The molecule has 148 valence electrons. The largest absolute Gasteiger partial charge is 0.424 e. The van der Waals surface area contributed by atoms with Crippen molar-refractivity contribution in [2.45, 2.75) is 52.4 Å². The monoisotopic (exact) mass is 380 g/mol. The van der Waals surface area contributed by atoms with Gasteiger partial charge in [-0.2, -0.15) is 0 Å². The summed E-state index contributed by atoms with van der Waals surface area (Å²) in [5.74, 6) is -0.283.